The van der Waals surface area contributed by atoms with Gasteiger partial charge in [-0.05, 0) is 50.3 Å². The molecule has 1 aliphatic carbocycles. The van der Waals surface area contributed by atoms with Gasteiger partial charge in [0.25, 0.3) is 0 Å². The standard InChI is InChI=1S/C15H22N2O2/c1-19-15(18)13-4-6-14(7-5-13)17-10-8-12-3-2-9-16-11-12/h2-3,9,11,13-14,17H,4-8,10H2,1H3. The average molecular weight is 262 g/mol. The van der Waals surface area contributed by atoms with Gasteiger partial charge in [0, 0.05) is 18.4 Å². The molecule has 2 rings (SSSR count). The second kappa shape index (κ2) is 7.24. The van der Waals surface area contributed by atoms with Crippen molar-refractivity contribution < 1.29 is 9.53 Å². The van der Waals surface area contributed by atoms with Gasteiger partial charge in [-0.2, -0.15) is 0 Å². The van der Waals surface area contributed by atoms with E-state index in [0.717, 1.165) is 38.6 Å². The molecule has 4 heteroatoms. The maximum absolute atomic E-state index is 11.4. The largest absolute Gasteiger partial charge is 0.469 e. The van der Waals surface area contributed by atoms with Crippen molar-refractivity contribution in [3.63, 3.8) is 0 Å². The fourth-order valence-electron chi connectivity index (χ4n) is 2.67. The van der Waals surface area contributed by atoms with Crippen molar-refractivity contribution in [2.75, 3.05) is 13.7 Å². The van der Waals surface area contributed by atoms with Crippen LogP contribution in [0.2, 0.25) is 0 Å². The van der Waals surface area contributed by atoms with E-state index in [9.17, 15) is 4.79 Å². The minimum absolute atomic E-state index is 0.0474. The lowest BCUT2D eigenvalue weighted by Crippen LogP contribution is -2.36. The number of carbonyl (C=O) groups is 1. The number of pyridine rings is 1. The second-order valence-corrected chi connectivity index (χ2v) is 5.14. The Bertz CT molecular complexity index is 386. The third-order valence-corrected chi connectivity index (χ3v) is 3.83. The van der Waals surface area contributed by atoms with Gasteiger partial charge in [0.05, 0.1) is 13.0 Å². The van der Waals surface area contributed by atoms with Crippen LogP contribution in [0.15, 0.2) is 24.5 Å². The monoisotopic (exact) mass is 262 g/mol. The zero-order chi connectivity index (χ0) is 13.5. The van der Waals surface area contributed by atoms with Crippen LogP contribution in [0.1, 0.15) is 31.2 Å². The molecular formula is C15H22N2O2. The number of nitrogens with zero attached hydrogens (tertiary/aromatic N) is 1. The molecule has 1 aromatic heterocycles. The summed E-state index contributed by atoms with van der Waals surface area (Å²) in [7, 11) is 1.47. The van der Waals surface area contributed by atoms with Crippen LogP contribution in [0.3, 0.4) is 0 Å². The Morgan fingerprint density at radius 2 is 2.21 bits per heavy atom. The van der Waals surface area contributed by atoms with Crippen LogP contribution in [0.5, 0.6) is 0 Å². The molecule has 0 saturated heterocycles. The molecule has 1 N–H and O–H groups in total. The van der Waals surface area contributed by atoms with Crippen LogP contribution in [0, 0.1) is 5.92 Å². The summed E-state index contributed by atoms with van der Waals surface area (Å²) in [5, 5.41) is 3.57. The third kappa shape index (κ3) is 4.31. The summed E-state index contributed by atoms with van der Waals surface area (Å²) in [6.07, 6.45) is 8.72. The SMILES string of the molecule is COC(=O)C1CCC(NCCc2cccnc2)CC1. The lowest BCUT2D eigenvalue weighted by molar-refractivity contribution is -0.146. The predicted octanol–water partition coefficient (Wildman–Crippen LogP) is 1.95. The number of rotatable bonds is 5. The number of aromatic nitrogens is 1. The quantitative estimate of drug-likeness (QED) is 0.824. The van der Waals surface area contributed by atoms with E-state index in [1.165, 1.54) is 12.7 Å². The minimum atomic E-state index is -0.0474. The lowest BCUT2D eigenvalue weighted by Gasteiger charge is -2.27. The van der Waals surface area contributed by atoms with E-state index >= 15 is 0 Å². The van der Waals surface area contributed by atoms with Crippen molar-refractivity contribution in [2.45, 2.75) is 38.1 Å². The molecule has 0 atom stereocenters. The molecule has 0 bridgehead atoms. The van der Waals surface area contributed by atoms with Gasteiger partial charge in [-0.25, -0.2) is 0 Å². The van der Waals surface area contributed by atoms with Gasteiger partial charge in [0.1, 0.15) is 0 Å². The average Bonchev–Trinajstić information content (AvgIpc) is 2.48. The number of nitrogens with one attached hydrogen (secondary N) is 1. The van der Waals surface area contributed by atoms with Crippen molar-refractivity contribution in [3.8, 4) is 0 Å². The van der Waals surface area contributed by atoms with Crippen molar-refractivity contribution in [3.05, 3.63) is 30.1 Å². The molecule has 0 spiro atoms. The maximum Gasteiger partial charge on any atom is 0.308 e. The molecule has 4 nitrogen and oxygen atoms in total. The topological polar surface area (TPSA) is 51.2 Å². The molecule has 1 aliphatic rings. The molecule has 1 aromatic rings. The Labute approximate surface area is 114 Å². The molecule has 19 heavy (non-hydrogen) atoms. The van der Waals surface area contributed by atoms with E-state index in [0.29, 0.717) is 6.04 Å². The Hall–Kier alpha value is -1.42. The highest BCUT2D eigenvalue weighted by Crippen LogP contribution is 2.25. The maximum atomic E-state index is 11.4. The molecule has 1 saturated carbocycles. The fraction of sp³-hybridized carbons (Fsp3) is 0.600. The Balaban J connectivity index is 1.65. The Morgan fingerprint density at radius 3 is 2.84 bits per heavy atom. The van der Waals surface area contributed by atoms with Crippen LogP contribution in [0.4, 0.5) is 0 Å². The zero-order valence-electron chi connectivity index (χ0n) is 11.5. The van der Waals surface area contributed by atoms with Crippen LogP contribution < -0.4 is 5.32 Å². The first-order valence-electron chi connectivity index (χ1n) is 6.99. The lowest BCUT2D eigenvalue weighted by atomic mass is 9.86. The number of hydrogen-bond donors (Lipinski definition) is 1. The molecule has 0 amide bonds. The normalized spacial score (nSPS) is 23.0. The molecule has 0 aliphatic heterocycles. The van der Waals surface area contributed by atoms with Gasteiger partial charge >= 0.3 is 5.97 Å². The van der Waals surface area contributed by atoms with E-state index in [1.54, 1.807) is 6.20 Å². The minimum Gasteiger partial charge on any atom is -0.469 e. The summed E-state index contributed by atoms with van der Waals surface area (Å²) < 4.78 is 4.80. The van der Waals surface area contributed by atoms with Crippen LogP contribution >= 0.6 is 0 Å². The molecular weight excluding hydrogens is 240 g/mol. The van der Waals surface area contributed by atoms with Crippen molar-refractivity contribution in [1.29, 1.82) is 0 Å². The third-order valence-electron chi connectivity index (χ3n) is 3.83. The molecule has 1 fully saturated rings. The first-order chi connectivity index (χ1) is 9.29. The summed E-state index contributed by atoms with van der Waals surface area (Å²) >= 11 is 0. The number of hydrogen-bond acceptors (Lipinski definition) is 4. The predicted molar refractivity (Wildman–Crippen MR) is 73.7 cm³/mol. The van der Waals surface area contributed by atoms with Crippen LogP contribution in [-0.4, -0.2) is 30.6 Å². The molecule has 0 aromatic carbocycles. The first kappa shape index (κ1) is 14.0. The fourth-order valence-corrected chi connectivity index (χ4v) is 2.67. The second-order valence-electron chi connectivity index (χ2n) is 5.14. The van der Waals surface area contributed by atoms with Gasteiger partial charge in [-0.15, -0.1) is 0 Å². The number of ether oxygens (including phenoxy) is 1. The summed E-state index contributed by atoms with van der Waals surface area (Å²) in [5.74, 6) is 0.0650. The van der Waals surface area contributed by atoms with Crippen molar-refractivity contribution in [1.82, 2.24) is 10.3 Å². The van der Waals surface area contributed by atoms with E-state index in [-0.39, 0.29) is 11.9 Å². The van der Waals surface area contributed by atoms with Gasteiger partial charge in [0.2, 0.25) is 0 Å². The molecule has 104 valence electrons. The summed E-state index contributed by atoms with van der Waals surface area (Å²) in [5.41, 5.74) is 1.26. The Morgan fingerprint density at radius 1 is 1.42 bits per heavy atom. The van der Waals surface area contributed by atoms with Crippen molar-refractivity contribution in [2.24, 2.45) is 5.92 Å². The smallest absolute Gasteiger partial charge is 0.308 e. The van der Waals surface area contributed by atoms with Crippen LogP contribution in [-0.2, 0) is 16.0 Å². The highest BCUT2D eigenvalue weighted by Gasteiger charge is 2.26. The molecule has 0 unspecified atom stereocenters. The first-order valence-corrected chi connectivity index (χ1v) is 6.99. The van der Waals surface area contributed by atoms with Gasteiger partial charge < -0.3 is 10.1 Å². The van der Waals surface area contributed by atoms with Gasteiger partial charge in [0.15, 0.2) is 0 Å². The summed E-state index contributed by atoms with van der Waals surface area (Å²) in [6, 6.07) is 4.61. The van der Waals surface area contributed by atoms with Gasteiger partial charge in [-0.1, -0.05) is 6.07 Å². The van der Waals surface area contributed by atoms with E-state index in [2.05, 4.69) is 16.4 Å². The van der Waals surface area contributed by atoms with Crippen LogP contribution in [0.25, 0.3) is 0 Å². The van der Waals surface area contributed by atoms with E-state index in [1.807, 2.05) is 12.3 Å². The van der Waals surface area contributed by atoms with Crippen molar-refractivity contribution >= 4 is 5.97 Å². The zero-order valence-corrected chi connectivity index (χ0v) is 11.5. The van der Waals surface area contributed by atoms with E-state index < -0.39 is 0 Å². The summed E-state index contributed by atoms with van der Waals surface area (Å²) in [6.45, 7) is 0.971. The Kier molecular flexibility index (Phi) is 5.33. The summed E-state index contributed by atoms with van der Waals surface area (Å²) in [4.78, 5) is 15.5. The number of esters is 1. The number of carbonyl (C=O) groups excluding carboxylic acids is 1. The highest BCUT2D eigenvalue weighted by atomic mass is 16.5. The van der Waals surface area contributed by atoms with Gasteiger partial charge in [-0.3, -0.25) is 9.78 Å². The number of methoxy groups -OCH3 is 1. The molecule has 1 heterocycles. The molecule has 0 radical (unpaired) electrons. The van der Waals surface area contributed by atoms with E-state index in [4.69, 9.17) is 4.74 Å². The highest BCUT2D eigenvalue weighted by molar-refractivity contribution is 5.72.